The SMILES string of the molecule is COc1ccc(-n2cnnn2)cc1C(=O)N1CCC(CCN2CCC(C(=O)NN3CCC(C(=O)O)CC3)(c3ccccc3)CC2)(c2ccc(Cl)c(Cl)c2)C1. The molecule has 0 aliphatic carbocycles. The number of hydrogen-bond acceptors (Lipinski definition) is 9. The van der Waals surface area contributed by atoms with E-state index in [1.165, 1.54) is 11.0 Å². The van der Waals surface area contributed by atoms with Crippen LogP contribution in [0.1, 0.15) is 60.0 Å². The van der Waals surface area contributed by atoms with Crippen molar-refractivity contribution < 1.29 is 24.2 Å². The number of tetrazole rings is 1. The van der Waals surface area contributed by atoms with Gasteiger partial charge in [-0.15, -0.1) is 5.10 Å². The molecule has 2 amide bonds. The Labute approximate surface area is 324 Å². The first-order valence-corrected chi connectivity index (χ1v) is 19.1. The van der Waals surface area contributed by atoms with Gasteiger partial charge in [0.1, 0.15) is 12.1 Å². The van der Waals surface area contributed by atoms with Crippen LogP contribution < -0.4 is 10.2 Å². The Morgan fingerprint density at radius 3 is 2.33 bits per heavy atom. The summed E-state index contributed by atoms with van der Waals surface area (Å²) in [5.41, 5.74) is 5.15. The van der Waals surface area contributed by atoms with Gasteiger partial charge in [0.2, 0.25) is 5.91 Å². The van der Waals surface area contributed by atoms with Gasteiger partial charge in [-0.05, 0) is 110 Å². The molecule has 3 aliphatic heterocycles. The van der Waals surface area contributed by atoms with E-state index in [2.05, 4.69) is 25.9 Å². The van der Waals surface area contributed by atoms with Crippen molar-refractivity contribution in [2.24, 2.45) is 5.92 Å². The number of carbonyl (C=O) groups is 3. The van der Waals surface area contributed by atoms with Crippen molar-refractivity contribution >= 4 is 41.0 Å². The Morgan fingerprint density at radius 1 is 0.907 bits per heavy atom. The van der Waals surface area contributed by atoms with Crippen LogP contribution in [0.4, 0.5) is 0 Å². The maximum absolute atomic E-state index is 14.2. The van der Waals surface area contributed by atoms with Gasteiger partial charge in [0, 0.05) is 31.6 Å². The highest BCUT2D eigenvalue weighted by Gasteiger charge is 2.46. The highest BCUT2D eigenvalue weighted by Crippen LogP contribution is 2.42. The predicted octanol–water partition coefficient (Wildman–Crippen LogP) is 5.01. The van der Waals surface area contributed by atoms with Gasteiger partial charge in [0.05, 0.1) is 39.7 Å². The third-order valence-electron chi connectivity index (χ3n) is 11.7. The minimum absolute atomic E-state index is 0.0427. The van der Waals surface area contributed by atoms with Crippen molar-refractivity contribution in [1.29, 1.82) is 0 Å². The van der Waals surface area contributed by atoms with Crippen molar-refractivity contribution in [2.45, 2.75) is 49.4 Å². The molecule has 0 spiro atoms. The van der Waals surface area contributed by atoms with Gasteiger partial charge in [0.15, 0.2) is 0 Å². The number of carboxylic acid groups (broad SMARTS) is 1. The molecule has 1 unspecified atom stereocenters. The Hall–Kier alpha value is -4.56. The van der Waals surface area contributed by atoms with Crippen LogP contribution in [-0.4, -0.2) is 111 Å². The summed E-state index contributed by atoms with van der Waals surface area (Å²) in [6, 6.07) is 21.0. The molecule has 3 fully saturated rings. The van der Waals surface area contributed by atoms with E-state index in [-0.39, 0.29) is 17.7 Å². The topological polar surface area (TPSA) is 146 Å². The third kappa shape index (κ3) is 7.68. The molecular weight excluding hydrogens is 731 g/mol. The number of piperidine rings is 2. The molecule has 0 bridgehead atoms. The number of carboxylic acids is 1. The fourth-order valence-electron chi connectivity index (χ4n) is 8.33. The largest absolute Gasteiger partial charge is 0.496 e. The molecular formula is C39H44Cl2N8O5. The summed E-state index contributed by atoms with van der Waals surface area (Å²) in [7, 11) is 1.55. The average molecular weight is 776 g/mol. The Bertz CT molecular complexity index is 1970. The second-order valence-corrected chi connectivity index (χ2v) is 15.4. The Balaban J connectivity index is 1.07. The molecule has 13 nitrogen and oxygen atoms in total. The molecule has 3 saturated heterocycles. The number of nitrogens with one attached hydrogen (secondary N) is 1. The number of aliphatic carboxylic acids is 1. The normalized spacial score (nSPS) is 20.8. The molecule has 2 N–H and O–H groups in total. The second-order valence-electron chi connectivity index (χ2n) is 14.6. The number of hydrazine groups is 1. The summed E-state index contributed by atoms with van der Waals surface area (Å²) < 4.78 is 7.11. The third-order valence-corrected chi connectivity index (χ3v) is 12.4. The van der Waals surface area contributed by atoms with Gasteiger partial charge in [0.25, 0.3) is 5.91 Å². The lowest BCUT2D eigenvalue weighted by Crippen LogP contribution is -2.57. The van der Waals surface area contributed by atoms with Gasteiger partial charge in [-0.3, -0.25) is 19.8 Å². The van der Waals surface area contributed by atoms with Crippen LogP contribution in [0.5, 0.6) is 5.75 Å². The van der Waals surface area contributed by atoms with Crippen molar-refractivity contribution in [3.8, 4) is 11.4 Å². The van der Waals surface area contributed by atoms with Gasteiger partial charge >= 0.3 is 5.97 Å². The molecule has 1 aromatic heterocycles. The van der Waals surface area contributed by atoms with E-state index < -0.39 is 16.8 Å². The smallest absolute Gasteiger partial charge is 0.306 e. The van der Waals surface area contributed by atoms with Crippen LogP contribution in [0.3, 0.4) is 0 Å². The van der Waals surface area contributed by atoms with Crippen LogP contribution in [0.15, 0.2) is 73.1 Å². The summed E-state index contributed by atoms with van der Waals surface area (Å²) in [4.78, 5) is 44.2. The van der Waals surface area contributed by atoms with Crippen molar-refractivity contribution in [2.75, 3.05) is 52.9 Å². The molecule has 1 atom stereocenters. The van der Waals surface area contributed by atoms with Crippen LogP contribution in [0.2, 0.25) is 10.0 Å². The summed E-state index contributed by atoms with van der Waals surface area (Å²) >= 11 is 13.0. The number of carbonyl (C=O) groups excluding carboxylic acids is 2. The molecule has 15 heteroatoms. The first-order chi connectivity index (χ1) is 26.1. The lowest BCUT2D eigenvalue weighted by Gasteiger charge is -2.43. The molecule has 54 heavy (non-hydrogen) atoms. The summed E-state index contributed by atoms with van der Waals surface area (Å²) in [6.45, 7) is 4.22. The summed E-state index contributed by atoms with van der Waals surface area (Å²) in [5, 5.41) is 23.7. The van der Waals surface area contributed by atoms with E-state index >= 15 is 0 Å². The van der Waals surface area contributed by atoms with Gasteiger partial charge in [-0.2, -0.15) is 0 Å². The second kappa shape index (κ2) is 16.0. The first kappa shape index (κ1) is 37.7. The number of methoxy groups -OCH3 is 1. The van der Waals surface area contributed by atoms with E-state index in [9.17, 15) is 19.5 Å². The molecule has 3 aromatic carbocycles. The van der Waals surface area contributed by atoms with Crippen molar-refractivity contribution in [3.63, 3.8) is 0 Å². The van der Waals surface area contributed by atoms with Crippen molar-refractivity contribution in [3.05, 3.63) is 99.8 Å². The van der Waals surface area contributed by atoms with Gasteiger partial charge in [-0.1, -0.05) is 59.6 Å². The van der Waals surface area contributed by atoms with E-state index in [0.717, 1.165) is 30.5 Å². The van der Waals surface area contributed by atoms with Crippen molar-refractivity contribution in [1.82, 2.24) is 40.4 Å². The number of benzene rings is 3. The number of halogens is 2. The minimum atomic E-state index is -0.778. The standard InChI is InChI=1S/C39H44Cl2N8O5/c1-54-34-10-8-30(49-26-42-44-45-49)24-31(34)35(50)47-22-14-38(25-47,29-7-9-32(40)33(41)23-29)13-19-46-20-15-39(16-21-46,28-5-3-2-4-6-28)37(53)43-48-17-11-27(12-18-48)36(51)52/h2-10,23-24,26-27H,11-22,25H2,1H3,(H,43,53)(H,51,52). The molecule has 4 heterocycles. The van der Waals surface area contributed by atoms with Crippen LogP contribution in [0, 0.1) is 5.92 Å². The highest BCUT2D eigenvalue weighted by atomic mass is 35.5. The zero-order valence-corrected chi connectivity index (χ0v) is 31.7. The number of aromatic nitrogens is 4. The van der Waals surface area contributed by atoms with Crippen LogP contribution in [-0.2, 0) is 20.4 Å². The average Bonchev–Trinajstić information content (AvgIpc) is 3.91. The number of hydrogen-bond donors (Lipinski definition) is 2. The first-order valence-electron chi connectivity index (χ1n) is 18.3. The fraction of sp³-hybridized carbons (Fsp3) is 0.436. The molecule has 284 valence electrons. The molecule has 0 saturated carbocycles. The maximum Gasteiger partial charge on any atom is 0.306 e. The van der Waals surface area contributed by atoms with Gasteiger partial charge in [-0.25, -0.2) is 9.69 Å². The molecule has 7 rings (SSSR count). The minimum Gasteiger partial charge on any atom is -0.496 e. The van der Waals surface area contributed by atoms with E-state index in [0.29, 0.717) is 92.0 Å². The zero-order valence-electron chi connectivity index (χ0n) is 30.2. The number of rotatable bonds is 11. The highest BCUT2D eigenvalue weighted by molar-refractivity contribution is 6.42. The van der Waals surface area contributed by atoms with E-state index in [1.54, 1.807) is 25.3 Å². The fourth-order valence-corrected chi connectivity index (χ4v) is 8.63. The van der Waals surface area contributed by atoms with Crippen LogP contribution in [0.25, 0.3) is 5.69 Å². The number of nitrogens with zero attached hydrogens (tertiary/aromatic N) is 7. The number of amides is 2. The van der Waals surface area contributed by atoms with Crippen LogP contribution >= 0.6 is 23.2 Å². The number of ether oxygens (including phenoxy) is 1. The monoisotopic (exact) mass is 774 g/mol. The molecule has 4 aromatic rings. The van der Waals surface area contributed by atoms with Gasteiger partial charge < -0.3 is 19.6 Å². The predicted molar refractivity (Wildman–Crippen MR) is 203 cm³/mol. The van der Waals surface area contributed by atoms with E-state index in [4.69, 9.17) is 27.9 Å². The summed E-state index contributed by atoms with van der Waals surface area (Å²) in [6.07, 6.45) is 5.25. The zero-order chi connectivity index (χ0) is 37.9. The number of likely N-dealkylation sites (tertiary alicyclic amines) is 2. The van der Waals surface area contributed by atoms with E-state index in [1.807, 2.05) is 58.4 Å². The molecule has 3 aliphatic rings. The Morgan fingerprint density at radius 2 is 1.67 bits per heavy atom. The quantitative estimate of drug-likeness (QED) is 0.213. The lowest BCUT2D eigenvalue weighted by atomic mass is 9.71. The Kier molecular flexibility index (Phi) is 11.2. The summed E-state index contributed by atoms with van der Waals surface area (Å²) in [5.74, 6) is -0.877. The maximum atomic E-state index is 14.2. The molecule has 0 radical (unpaired) electrons. The lowest BCUT2D eigenvalue weighted by molar-refractivity contribution is -0.144.